The van der Waals surface area contributed by atoms with Crippen LogP contribution in [0.2, 0.25) is 0 Å². The first-order valence-electron chi connectivity index (χ1n) is 14.3. The van der Waals surface area contributed by atoms with Gasteiger partial charge in [0, 0.05) is 18.7 Å². The molecule has 0 aliphatic carbocycles. The van der Waals surface area contributed by atoms with Crippen molar-refractivity contribution in [2.45, 2.75) is 66.5 Å². The predicted molar refractivity (Wildman–Crippen MR) is 157 cm³/mol. The van der Waals surface area contributed by atoms with Crippen LogP contribution in [0.15, 0.2) is 42.0 Å². The summed E-state index contributed by atoms with van der Waals surface area (Å²) in [5.74, 6) is 0.239. The molecule has 1 unspecified atom stereocenters. The summed E-state index contributed by atoms with van der Waals surface area (Å²) in [5.41, 5.74) is 1.94. The number of benzene rings is 2. The molecule has 218 valence electrons. The average molecular weight is 553 g/mol. The van der Waals surface area contributed by atoms with E-state index in [1.54, 1.807) is 36.3 Å². The average Bonchev–Trinajstić information content (AvgIpc) is 3.18. The van der Waals surface area contributed by atoms with Gasteiger partial charge in [0.05, 0.1) is 31.4 Å². The van der Waals surface area contributed by atoms with Crippen LogP contribution in [0.4, 0.5) is 0 Å². The van der Waals surface area contributed by atoms with Gasteiger partial charge in [0.25, 0.3) is 11.7 Å². The summed E-state index contributed by atoms with van der Waals surface area (Å²) in [5, 5.41) is 11.6. The molecule has 1 fully saturated rings. The highest BCUT2D eigenvalue weighted by atomic mass is 16.5. The maximum atomic E-state index is 13.5. The van der Waals surface area contributed by atoms with Crippen LogP contribution in [-0.4, -0.2) is 72.6 Å². The number of likely N-dealkylation sites (tertiary alicyclic amines) is 1. The number of ether oxygens (including phenoxy) is 3. The van der Waals surface area contributed by atoms with E-state index >= 15 is 0 Å². The van der Waals surface area contributed by atoms with E-state index in [2.05, 4.69) is 25.7 Å². The molecule has 1 N–H and O–H groups in total. The lowest BCUT2D eigenvalue weighted by atomic mass is 9.93. The molecule has 1 atom stereocenters. The molecule has 1 aliphatic heterocycles. The number of rotatable bonds is 14. The summed E-state index contributed by atoms with van der Waals surface area (Å²) in [6, 6.07) is 9.98. The number of carbonyl (C=O) groups excluding carboxylic acids is 2. The molecule has 1 heterocycles. The van der Waals surface area contributed by atoms with E-state index in [9.17, 15) is 14.7 Å². The van der Waals surface area contributed by atoms with Gasteiger partial charge in [0.2, 0.25) is 0 Å². The number of ketones is 1. The molecular formula is C32H44N2O6. The Kier molecular flexibility index (Phi) is 11.0. The van der Waals surface area contributed by atoms with Crippen molar-refractivity contribution in [3.8, 4) is 17.2 Å². The monoisotopic (exact) mass is 552 g/mol. The van der Waals surface area contributed by atoms with E-state index in [4.69, 9.17) is 14.2 Å². The number of hydrogen-bond donors (Lipinski definition) is 1. The molecule has 0 bridgehead atoms. The van der Waals surface area contributed by atoms with Crippen LogP contribution in [0, 0.1) is 6.92 Å². The van der Waals surface area contributed by atoms with Crippen molar-refractivity contribution in [3.63, 3.8) is 0 Å². The van der Waals surface area contributed by atoms with Gasteiger partial charge in [-0.05, 0) is 81.7 Å². The third-order valence-corrected chi connectivity index (χ3v) is 7.18. The van der Waals surface area contributed by atoms with Gasteiger partial charge in [0.1, 0.15) is 11.5 Å². The summed E-state index contributed by atoms with van der Waals surface area (Å²) in [7, 11) is 1.56. The Bertz CT molecular complexity index is 1220. The number of likely N-dealkylation sites (N-methyl/N-ethyl adjacent to an activating group) is 1. The van der Waals surface area contributed by atoms with Gasteiger partial charge in [-0.15, -0.1) is 0 Å². The molecule has 2 aromatic carbocycles. The van der Waals surface area contributed by atoms with Crippen molar-refractivity contribution >= 4 is 17.4 Å². The molecule has 3 rings (SSSR count). The fourth-order valence-corrected chi connectivity index (χ4v) is 4.94. The van der Waals surface area contributed by atoms with Gasteiger partial charge in [0.15, 0.2) is 11.5 Å². The molecule has 1 saturated heterocycles. The minimum atomic E-state index is -0.778. The van der Waals surface area contributed by atoms with E-state index in [1.807, 2.05) is 32.9 Å². The normalized spacial score (nSPS) is 16.7. The molecule has 0 aromatic heterocycles. The molecule has 1 amide bonds. The first-order chi connectivity index (χ1) is 19.2. The lowest BCUT2D eigenvalue weighted by Gasteiger charge is -2.28. The van der Waals surface area contributed by atoms with Crippen molar-refractivity contribution in [2.24, 2.45) is 0 Å². The van der Waals surface area contributed by atoms with Gasteiger partial charge in [-0.3, -0.25) is 9.59 Å². The molecule has 0 saturated carbocycles. The number of amides is 1. The molecule has 40 heavy (non-hydrogen) atoms. The number of aliphatic hydroxyl groups excluding tert-OH is 1. The number of hydrogen-bond acceptors (Lipinski definition) is 7. The maximum Gasteiger partial charge on any atom is 0.295 e. The Labute approximate surface area is 238 Å². The highest BCUT2D eigenvalue weighted by Crippen LogP contribution is 2.42. The zero-order chi connectivity index (χ0) is 29.4. The predicted octanol–water partition coefficient (Wildman–Crippen LogP) is 5.73. The number of unbranched alkanes of at least 4 members (excludes halogenated alkanes) is 1. The SMILES string of the molecule is CCCCOc1ccc(C2C(=C(O)c3ccc(OC(C)C)cc3C)C(=O)C(=O)N2CCN(CC)CC)cc1OC. The van der Waals surface area contributed by atoms with Crippen molar-refractivity contribution in [1.82, 2.24) is 9.80 Å². The molecule has 8 nitrogen and oxygen atoms in total. The fraction of sp³-hybridized carbons (Fsp3) is 0.500. The quantitative estimate of drug-likeness (QED) is 0.139. The Morgan fingerprint density at radius 2 is 1.77 bits per heavy atom. The molecule has 2 aromatic rings. The van der Waals surface area contributed by atoms with E-state index < -0.39 is 17.7 Å². The third kappa shape index (κ3) is 6.97. The smallest absolute Gasteiger partial charge is 0.295 e. The molecule has 1 aliphatic rings. The van der Waals surface area contributed by atoms with Gasteiger partial charge in [-0.1, -0.05) is 33.3 Å². The van der Waals surface area contributed by atoms with Crippen molar-refractivity contribution in [2.75, 3.05) is 39.9 Å². The Balaban J connectivity index is 2.12. The second-order valence-electron chi connectivity index (χ2n) is 10.3. The number of aliphatic hydroxyl groups is 1. The van der Waals surface area contributed by atoms with Crippen LogP contribution < -0.4 is 14.2 Å². The van der Waals surface area contributed by atoms with Crippen LogP contribution in [-0.2, 0) is 9.59 Å². The highest BCUT2D eigenvalue weighted by molar-refractivity contribution is 6.46. The number of nitrogens with zero attached hydrogens (tertiary/aromatic N) is 2. The molecule has 8 heteroatoms. The molecule has 0 spiro atoms. The van der Waals surface area contributed by atoms with Crippen molar-refractivity contribution in [1.29, 1.82) is 0 Å². The van der Waals surface area contributed by atoms with Crippen LogP contribution in [0.3, 0.4) is 0 Å². The Morgan fingerprint density at radius 1 is 1.05 bits per heavy atom. The van der Waals surface area contributed by atoms with Crippen molar-refractivity contribution < 1.29 is 28.9 Å². The summed E-state index contributed by atoms with van der Waals surface area (Å²) < 4.78 is 17.3. The van der Waals surface area contributed by atoms with Crippen LogP contribution >= 0.6 is 0 Å². The van der Waals surface area contributed by atoms with Crippen LogP contribution in [0.5, 0.6) is 17.2 Å². The van der Waals surface area contributed by atoms with Crippen LogP contribution in [0.25, 0.3) is 5.76 Å². The van der Waals surface area contributed by atoms with Gasteiger partial charge >= 0.3 is 0 Å². The Hall–Kier alpha value is -3.52. The fourth-order valence-electron chi connectivity index (χ4n) is 4.94. The number of aryl methyl sites for hydroxylation is 1. The zero-order valence-electron chi connectivity index (χ0n) is 25.0. The maximum absolute atomic E-state index is 13.5. The highest BCUT2D eigenvalue weighted by Gasteiger charge is 2.46. The molecule has 0 radical (unpaired) electrons. The van der Waals surface area contributed by atoms with Gasteiger partial charge in [-0.25, -0.2) is 0 Å². The van der Waals surface area contributed by atoms with E-state index in [0.717, 1.165) is 31.5 Å². The number of carbonyl (C=O) groups is 2. The lowest BCUT2D eigenvalue weighted by Crippen LogP contribution is -2.38. The van der Waals surface area contributed by atoms with Crippen molar-refractivity contribution in [3.05, 3.63) is 58.7 Å². The number of Topliss-reactive ketones (excluding diaryl/α,β-unsaturated/α-hetero) is 1. The summed E-state index contributed by atoms with van der Waals surface area (Å²) in [6.07, 6.45) is 1.92. The largest absolute Gasteiger partial charge is 0.507 e. The van der Waals surface area contributed by atoms with Gasteiger partial charge in [-0.2, -0.15) is 0 Å². The first-order valence-corrected chi connectivity index (χ1v) is 14.3. The minimum absolute atomic E-state index is 0.00103. The number of methoxy groups -OCH3 is 1. The lowest BCUT2D eigenvalue weighted by molar-refractivity contribution is -0.140. The summed E-state index contributed by atoms with van der Waals surface area (Å²) in [4.78, 5) is 30.7. The first kappa shape index (κ1) is 31.0. The second kappa shape index (κ2) is 14.2. The summed E-state index contributed by atoms with van der Waals surface area (Å²) >= 11 is 0. The third-order valence-electron chi connectivity index (χ3n) is 7.18. The van der Waals surface area contributed by atoms with E-state index in [1.165, 1.54) is 0 Å². The Morgan fingerprint density at radius 3 is 2.38 bits per heavy atom. The second-order valence-corrected chi connectivity index (χ2v) is 10.3. The van der Waals surface area contributed by atoms with E-state index in [0.29, 0.717) is 48.1 Å². The standard InChI is InChI=1S/C32H44N2O6/c1-8-11-18-39-26-15-12-23(20-27(26)38-7)29-28(31(36)32(37)34(29)17-16-33(9-2)10-3)30(35)25-14-13-24(19-22(25)6)40-21(4)5/h12-15,19-21,29,35H,8-11,16-18H2,1-7H3. The van der Waals surface area contributed by atoms with E-state index in [-0.39, 0.29) is 17.4 Å². The molecular weight excluding hydrogens is 508 g/mol. The summed E-state index contributed by atoms with van der Waals surface area (Å²) in [6.45, 7) is 15.1. The van der Waals surface area contributed by atoms with Crippen LogP contribution in [0.1, 0.15) is 70.2 Å². The zero-order valence-corrected chi connectivity index (χ0v) is 25.0. The topological polar surface area (TPSA) is 88.5 Å². The van der Waals surface area contributed by atoms with Gasteiger partial charge < -0.3 is 29.1 Å². The minimum Gasteiger partial charge on any atom is -0.507 e.